The van der Waals surface area contributed by atoms with Gasteiger partial charge in [-0.3, -0.25) is 0 Å². The lowest BCUT2D eigenvalue weighted by atomic mass is 9.54. The number of hydrogen-bond donors (Lipinski definition) is 0. The second-order valence-electron chi connectivity index (χ2n) is 7.57. The van der Waals surface area contributed by atoms with Crippen LogP contribution in [-0.4, -0.2) is 0 Å². The van der Waals surface area contributed by atoms with E-state index in [9.17, 15) is 0 Å². The number of unbranched alkanes of at least 4 members (excludes halogenated alkanes) is 3. The fourth-order valence-corrected chi connectivity index (χ4v) is 2.32. The summed E-state index contributed by atoms with van der Waals surface area (Å²) in [6.07, 6.45) is 6.88. The van der Waals surface area contributed by atoms with Crippen molar-refractivity contribution >= 4 is 0 Å². The van der Waals surface area contributed by atoms with E-state index in [0.717, 1.165) is 0 Å². The zero-order chi connectivity index (χ0) is 13.0. The quantitative estimate of drug-likeness (QED) is 0.483. The van der Waals surface area contributed by atoms with E-state index in [4.69, 9.17) is 0 Å². The van der Waals surface area contributed by atoms with Crippen LogP contribution >= 0.6 is 0 Å². The molecule has 0 unspecified atom stereocenters. The molecule has 98 valence electrons. The Morgan fingerprint density at radius 3 is 1.56 bits per heavy atom. The first-order chi connectivity index (χ1) is 7.06. The largest absolute Gasteiger partial charge is 0.0654 e. The first-order valence-corrected chi connectivity index (χ1v) is 7.06. The molecule has 0 N–H and O–H groups in total. The molecule has 0 atom stereocenters. The lowest BCUT2D eigenvalue weighted by molar-refractivity contribution is -0.0147. The lowest BCUT2D eigenvalue weighted by Gasteiger charge is -2.51. The maximum absolute atomic E-state index is 2.45. The highest BCUT2D eigenvalue weighted by molar-refractivity contribution is 4.93. The van der Waals surface area contributed by atoms with Crippen molar-refractivity contribution in [2.45, 2.75) is 87.5 Å². The molecular formula is C16H34. The van der Waals surface area contributed by atoms with Gasteiger partial charge in [-0.1, -0.05) is 81.1 Å². The molecule has 0 aliphatic rings. The highest BCUT2D eigenvalue weighted by Crippen LogP contribution is 2.53. The standard InChI is InChI=1S/C16H34/c1-9-10-11-12-13-15(5,6)16(7,8)14(2,3)4/h9-13H2,1-8H3. The highest BCUT2D eigenvalue weighted by atomic mass is 14.5. The van der Waals surface area contributed by atoms with Crippen molar-refractivity contribution in [1.82, 2.24) is 0 Å². The minimum atomic E-state index is 0.376. The van der Waals surface area contributed by atoms with Crippen molar-refractivity contribution in [2.24, 2.45) is 16.2 Å². The van der Waals surface area contributed by atoms with Crippen LogP contribution in [0.4, 0.5) is 0 Å². The molecule has 0 saturated carbocycles. The van der Waals surface area contributed by atoms with Gasteiger partial charge in [-0.2, -0.15) is 0 Å². The normalized spacial score (nSPS) is 14.2. The maximum Gasteiger partial charge on any atom is -0.0254 e. The summed E-state index contributed by atoms with van der Waals surface area (Å²) in [5.74, 6) is 0. The van der Waals surface area contributed by atoms with Gasteiger partial charge in [0.15, 0.2) is 0 Å². The molecule has 0 amide bonds. The van der Waals surface area contributed by atoms with Crippen LogP contribution in [0.3, 0.4) is 0 Å². The summed E-state index contributed by atoms with van der Waals surface area (Å²) in [7, 11) is 0. The Labute approximate surface area is 104 Å². The van der Waals surface area contributed by atoms with Crippen LogP contribution in [0, 0.1) is 16.2 Å². The molecule has 0 radical (unpaired) electrons. The third kappa shape index (κ3) is 3.79. The molecule has 0 heterocycles. The molecule has 0 saturated heterocycles. The van der Waals surface area contributed by atoms with Crippen molar-refractivity contribution in [3.8, 4) is 0 Å². The SMILES string of the molecule is CCCCCCC(C)(C)C(C)(C)C(C)(C)C. The van der Waals surface area contributed by atoms with E-state index in [1.54, 1.807) is 0 Å². The van der Waals surface area contributed by atoms with Crippen LogP contribution in [0.25, 0.3) is 0 Å². The Hall–Kier alpha value is 0. The topological polar surface area (TPSA) is 0 Å². The van der Waals surface area contributed by atoms with Gasteiger partial charge in [-0.15, -0.1) is 0 Å². The van der Waals surface area contributed by atoms with Crippen molar-refractivity contribution in [2.75, 3.05) is 0 Å². The molecule has 0 bridgehead atoms. The van der Waals surface area contributed by atoms with Gasteiger partial charge in [0.05, 0.1) is 0 Å². The summed E-state index contributed by atoms with van der Waals surface area (Å²) < 4.78 is 0. The molecular weight excluding hydrogens is 192 g/mol. The van der Waals surface area contributed by atoms with Crippen molar-refractivity contribution in [1.29, 1.82) is 0 Å². The van der Waals surface area contributed by atoms with E-state index in [-0.39, 0.29) is 0 Å². The molecule has 0 spiro atoms. The monoisotopic (exact) mass is 226 g/mol. The molecule has 16 heavy (non-hydrogen) atoms. The summed E-state index contributed by atoms with van der Waals surface area (Å²) in [6, 6.07) is 0. The Morgan fingerprint density at radius 1 is 0.688 bits per heavy atom. The first-order valence-electron chi connectivity index (χ1n) is 7.06. The van der Waals surface area contributed by atoms with Crippen LogP contribution < -0.4 is 0 Å². The fourth-order valence-electron chi connectivity index (χ4n) is 2.32. The van der Waals surface area contributed by atoms with Crippen LogP contribution in [0.5, 0.6) is 0 Å². The molecule has 0 aromatic carbocycles. The van der Waals surface area contributed by atoms with E-state index in [0.29, 0.717) is 16.2 Å². The predicted molar refractivity (Wildman–Crippen MR) is 75.8 cm³/mol. The molecule has 0 aliphatic heterocycles. The summed E-state index contributed by atoms with van der Waals surface area (Å²) in [6.45, 7) is 19.2. The molecule has 0 aromatic rings. The van der Waals surface area contributed by atoms with E-state index in [2.05, 4.69) is 55.4 Å². The second-order valence-corrected chi connectivity index (χ2v) is 7.57. The van der Waals surface area contributed by atoms with E-state index >= 15 is 0 Å². The van der Waals surface area contributed by atoms with Crippen molar-refractivity contribution in [3.63, 3.8) is 0 Å². The average molecular weight is 226 g/mol. The van der Waals surface area contributed by atoms with E-state index in [1.165, 1.54) is 32.1 Å². The molecule has 0 nitrogen and oxygen atoms in total. The number of hydrogen-bond acceptors (Lipinski definition) is 0. The number of rotatable bonds is 6. The summed E-state index contributed by atoms with van der Waals surface area (Å²) in [4.78, 5) is 0. The van der Waals surface area contributed by atoms with Gasteiger partial charge in [0.25, 0.3) is 0 Å². The van der Waals surface area contributed by atoms with Gasteiger partial charge in [0, 0.05) is 0 Å². The Balaban J connectivity index is 4.41. The van der Waals surface area contributed by atoms with Gasteiger partial charge >= 0.3 is 0 Å². The van der Waals surface area contributed by atoms with Gasteiger partial charge in [0.2, 0.25) is 0 Å². The van der Waals surface area contributed by atoms with Crippen LogP contribution in [0.2, 0.25) is 0 Å². The van der Waals surface area contributed by atoms with Gasteiger partial charge in [-0.25, -0.2) is 0 Å². The summed E-state index contributed by atoms with van der Waals surface area (Å²) >= 11 is 0. The average Bonchev–Trinajstić information content (AvgIpc) is 2.10. The smallest absolute Gasteiger partial charge is 0.0254 e. The van der Waals surface area contributed by atoms with E-state index < -0.39 is 0 Å². The maximum atomic E-state index is 2.45. The van der Waals surface area contributed by atoms with Crippen LogP contribution in [-0.2, 0) is 0 Å². The van der Waals surface area contributed by atoms with Gasteiger partial charge < -0.3 is 0 Å². The second kappa shape index (κ2) is 5.56. The lowest BCUT2D eigenvalue weighted by Crippen LogP contribution is -2.42. The van der Waals surface area contributed by atoms with E-state index in [1.807, 2.05) is 0 Å². The van der Waals surface area contributed by atoms with Gasteiger partial charge in [0.1, 0.15) is 0 Å². The zero-order valence-electron chi connectivity index (χ0n) is 13.0. The minimum absolute atomic E-state index is 0.376. The van der Waals surface area contributed by atoms with Crippen LogP contribution in [0.1, 0.15) is 87.5 Å². The third-order valence-electron chi connectivity index (χ3n) is 5.22. The van der Waals surface area contributed by atoms with Crippen LogP contribution in [0.15, 0.2) is 0 Å². The Kier molecular flexibility index (Phi) is 5.56. The predicted octanol–water partition coefficient (Wildman–Crippen LogP) is 6.06. The fraction of sp³-hybridized carbons (Fsp3) is 1.00. The molecule has 0 heteroatoms. The first kappa shape index (κ1) is 16.0. The third-order valence-corrected chi connectivity index (χ3v) is 5.22. The zero-order valence-corrected chi connectivity index (χ0v) is 13.0. The summed E-state index contributed by atoms with van der Waals surface area (Å²) in [5, 5.41) is 0. The highest BCUT2D eigenvalue weighted by Gasteiger charge is 2.44. The Bertz CT molecular complexity index is 191. The summed E-state index contributed by atoms with van der Waals surface area (Å²) in [5.41, 5.74) is 1.19. The van der Waals surface area contributed by atoms with Crippen molar-refractivity contribution in [3.05, 3.63) is 0 Å². The molecule has 0 aromatic heterocycles. The molecule has 0 rings (SSSR count). The Morgan fingerprint density at radius 2 is 1.19 bits per heavy atom. The van der Waals surface area contributed by atoms with Gasteiger partial charge in [-0.05, 0) is 22.7 Å². The van der Waals surface area contributed by atoms with Crippen molar-refractivity contribution < 1.29 is 0 Å². The molecule has 0 aliphatic carbocycles. The minimum Gasteiger partial charge on any atom is -0.0654 e. The molecule has 0 fully saturated rings.